The Hall–Kier alpha value is -4.34. The molecule has 0 radical (unpaired) electrons. The number of rotatable bonds is 9. The number of aromatic nitrogens is 2. The van der Waals surface area contributed by atoms with Crippen LogP contribution in [0.1, 0.15) is 35.3 Å². The highest BCUT2D eigenvalue weighted by Crippen LogP contribution is 2.32. The van der Waals surface area contributed by atoms with E-state index in [9.17, 15) is 9.59 Å². The lowest BCUT2D eigenvalue weighted by Gasteiger charge is -2.32. The van der Waals surface area contributed by atoms with Gasteiger partial charge in [0.1, 0.15) is 18.0 Å². The van der Waals surface area contributed by atoms with Gasteiger partial charge in [-0.05, 0) is 61.4 Å². The molecule has 3 aromatic carbocycles. The molecule has 1 aliphatic heterocycles. The largest absolute Gasteiger partial charge is 0.497 e. The molecule has 1 atom stereocenters. The van der Waals surface area contributed by atoms with Gasteiger partial charge in [-0.2, -0.15) is 0 Å². The third-order valence-electron chi connectivity index (χ3n) is 7.99. The zero-order valence-corrected chi connectivity index (χ0v) is 27.0. The number of anilines is 1. The predicted molar refractivity (Wildman–Crippen MR) is 176 cm³/mol. The Kier molecular flexibility index (Phi) is 10.4. The van der Waals surface area contributed by atoms with E-state index in [1.54, 1.807) is 31.3 Å². The number of nitrogens with zero attached hydrogens (tertiary/aromatic N) is 5. The molecule has 0 aliphatic carbocycles. The molecule has 1 aliphatic rings. The molecule has 2 amide bonds. The van der Waals surface area contributed by atoms with E-state index in [4.69, 9.17) is 32.7 Å². The van der Waals surface area contributed by atoms with Gasteiger partial charge in [0, 0.05) is 42.8 Å². The van der Waals surface area contributed by atoms with Gasteiger partial charge in [-0.15, -0.1) is 10.2 Å². The Balaban J connectivity index is 1.29. The molecule has 1 saturated heterocycles. The maximum absolute atomic E-state index is 13.8. The van der Waals surface area contributed by atoms with E-state index in [2.05, 4.69) is 15.1 Å². The van der Waals surface area contributed by atoms with Gasteiger partial charge in [0.2, 0.25) is 5.91 Å². The van der Waals surface area contributed by atoms with Crippen molar-refractivity contribution >= 4 is 40.8 Å². The SMILES string of the molecule is COc1ccc(-c2ccc(N3CCCN(C(=O)CN(C(=O)c4ccc(Cl)cc4Cl)[C@H](C)c4ccccc4)CC3)nn2)c(OC)c1. The topological polar surface area (TPSA) is 88.1 Å². The van der Waals surface area contributed by atoms with Crippen LogP contribution in [0.25, 0.3) is 11.3 Å². The van der Waals surface area contributed by atoms with Crippen molar-refractivity contribution in [1.82, 2.24) is 20.0 Å². The van der Waals surface area contributed by atoms with E-state index in [1.165, 1.54) is 6.07 Å². The van der Waals surface area contributed by atoms with Gasteiger partial charge in [-0.3, -0.25) is 9.59 Å². The number of benzene rings is 3. The van der Waals surface area contributed by atoms with E-state index >= 15 is 0 Å². The van der Waals surface area contributed by atoms with Gasteiger partial charge in [-0.1, -0.05) is 53.5 Å². The highest BCUT2D eigenvalue weighted by molar-refractivity contribution is 6.36. The minimum Gasteiger partial charge on any atom is -0.497 e. The number of amides is 2. The Morgan fingerprint density at radius 2 is 1.69 bits per heavy atom. The van der Waals surface area contributed by atoms with Crippen LogP contribution in [0, 0.1) is 0 Å². The summed E-state index contributed by atoms with van der Waals surface area (Å²) in [5.74, 6) is 1.60. The normalized spacial score (nSPS) is 14.0. The summed E-state index contributed by atoms with van der Waals surface area (Å²) >= 11 is 12.5. The molecule has 234 valence electrons. The van der Waals surface area contributed by atoms with Crippen LogP contribution in [-0.2, 0) is 4.79 Å². The Labute approximate surface area is 273 Å². The third-order valence-corrected chi connectivity index (χ3v) is 8.53. The van der Waals surface area contributed by atoms with Gasteiger partial charge in [-0.25, -0.2) is 0 Å². The zero-order chi connectivity index (χ0) is 31.9. The second-order valence-electron chi connectivity index (χ2n) is 10.7. The van der Waals surface area contributed by atoms with Crippen molar-refractivity contribution < 1.29 is 19.1 Å². The average Bonchev–Trinajstić information content (AvgIpc) is 3.33. The molecule has 0 saturated carbocycles. The van der Waals surface area contributed by atoms with Crippen LogP contribution in [0.5, 0.6) is 11.5 Å². The van der Waals surface area contributed by atoms with E-state index in [-0.39, 0.29) is 29.4 Å². The number of ether oxygens (including phenoxy) is 2. The first kappa shape index (κ1) is 32.1. The molecule has 45 heavy (non-hydrogen) atoms. The van der Waals surface area contributed by atoms with Crippen LogP contribution in [-0.4, -0.2) is 78.8 Å². The molecule has 11 heteroatoms. The highest BCUT2D eigenvalue weighted by Gasteiger charge is 2.29. The van der Waals surface area contributed by atoms with E-state index in [1.807, 2.05) is 72.5 Å². The van der Waals surface area contributed by atoms with Gasteiger partial charge >= 0.3 is 0 Å². The summed E-state index contributed by atoms with van der Waals surface area (Å²) in [6, 6.07) is 23.4. The smallest absolute Gasteiger partial charge is 0.256 e. The lowest BCUT2D eigenvalue weighted by molar-refractivity contribution is -0.132. The lowest BCUT2D eigenvalue weighted by atomic mass is 10.1. The fourth-order valence-corrected chi connectivity index (χ4v) is 5.89. The molecule has 1 aromatic heterocycles. The molecular weight excluding hydrogens is 613 g/mol. The highest BCUT2D eigenvalue weighted by atomic mass is 35.5. The summed E-state index contributed by atoms with van der Waals surface area (Å²) in [6.07, 6.45) is 0.743. The molecule has 0 N–H and O–H groups in total. The second-order valence-corrected chi connectivity index (χ2v) is 11.6. The summed E-state index contributed by atoms with van der Waals surface area (Å²) in [5.41, 5.74) is 2.71. The lowest BCUT2D eigenvalue weighted by Crippen LogP contribution is -2.45. The Bertz CT molecular complexity index is 1640. The number of halogens is 2. The summed E-state index contributed by atoms with van der Waals surface area (Å²) < 4.78 is 10.8. The van der Waals surface area contributed by atoms with Crippen LogP contribution in [0.3, 0.4) is 0 Å². The van der Waals surface area contributed by atoms with E-state index in [0.29, 0.717) is 54.0 Å². The first-order chi connectivity index (χ1) is 21.8. The number of methoxy groups -OCH3 is 2. The van der Waals surface area contributed by atoms with Crippen molar-refractivity contribution in [3.63, 3.8) is 0 Å². The molecule has 9 nitrogen and oxygen atoms in total. The van der Waals surface area contributed by atoms with E-state index in [0.717, 1.165) is 23.4 Å². The van der Waals surface area contributed by atoms with Crippen molar-refractivity contribution in [3.8, 4) is 22.8 Å². The van der Waals surface area contributed by atoms with Gasteiger partial charge in [0.25, 0.3) is 5.91 Å². The van der Waals surface area contributed by atoms with Gasteiger partial charge in [0.05, 0.1) is 36.5 Å². The van der Waals surface area contributed by atoms with Crippen molar-refractivity contribution in [3.05, 3.63) is 100 Å². The third kappa shape index (κ3) is 7.49. The maximum Gasteiger partial charge on any atom is 0.256 e. The molecule has 4 aromatic rings. The molecule has 0 bridgehead atoms. The quantitative estimate of drug-likeness (QED) is 0.207. The van der Waals surface area contributed by atoms with Crippen LogP contribution in [0.2, 0.25) is 10.0 Å². The fourth-order valence-electron chi connectivity index (χ4n) is 5.40. The number of hydrogen-bond donors (Lipinski definition) is 0. The minimum atomic E-state index is -0.365. The first-order valence-corrected chi connectivity index (χ1v) is 15.4. The summed E-state index contributed by atoms with van der Waals surface area (Å²) in [7, 11) is 3.21. The van der Waals surface area contributed by atoms with Crippen LogP contribution in [0.4, 0.5) is 5.82 Å². The number of carbonyl (C=O) groups is 2. The summed E-state index contributed by atoms with van der Waals surface area (Å²) in [6.45, 7) is 4.17. The second kappa shape index (κ2) is 14.6. The predicted octanol–water partition coefficient (Wildman–Crippen LogP) is 6.41. The first-order valence-electron chi connectivity index (χ1n) is 14.7. The van der Waals surface area contributed by atoms with Crippen LogP contribution in [0.15, 0.2) is 78.9 Å². The van der Waals surface area contributed by atoms with Crippen molar-refractivity contribution in [2.45, 2.75) is 19.4 Å². The van der Waals surface area contributed by atoms with Crippen molar-refractivity contribution in [1.29, 1.82) is 0 Å². The minimum absolute atomic E-state index is 0.0912. The zero-order valence-electron chi connectivity index (χ0n) is 25.5. The number of carbonyl (C=O) groups excluding carboxylic acids is 2. The molecule has 0 spiro atoms. The van der Waals surface area contributed by atoms with Crippen LogP contribution >= 0.6 is 23.2 Å². The summed E-state index contributed by atoms with van der Waals surface area (Å²) in [5, 5.41) is 9.64. The van der Waals surface area contributed by atoms with Gasteiger partial charge < -0.3 is 24.2 Å². The van der Waals surface area contributed by atoms with E-state index < -0.39 is 0 Å². The average molecular weight is 649 g/mol. The van der Waals surface area contributed by atoms with Crippen molar-refractivity contribution in [2.75, 3.05) is 51.8 Å². The molecule has 0 unspecified atom stereocenters. The summed E-state index contributed by atoms with van der Waals surface area (Å²) in [4.78, 5) is 33.1. The standard InChI is InChI=1S/C34H35Cl2N5O4/c1-23(24-8-5-4-6-9-24)41(34(43)27-12-10-25(35)20-29(27)36)22-33(42)40-17-7-16-39(18-19-40)32-15-14-30(37-38-32)28-13-11-26(44-2)21-31(28)45-3/h4-6,8-15,20-21,23H,7,16-19,22H2,1-3H3/t23-/m1/s1. The monoisotopic (exact) mass is 647 g/mol. The number of hydrogen-bond acceptors (Lipinski definition) is 7. The molecule has 1 fully saturated rings. The fraction of sp³-hybridized carbons (Fsp3) is 0.294. The molecular formula is C34H35Cl2N5O4. The van der Waals surface area contributed by atoms with Gasteiger partial charge in [0.15, 0.2) is 5.82 Å². The molecule has 2 heterocycles. The van der Waals surface area contributed by atoms with Crippen LogP contribution < -0.4 is 14.4 Å². The Morgan fingerprint density at radius 1 is 0.889 bits per heavy atom. The maximum atomic E-state index is 13.8. The molecule has 5 rings (SSSR count). The Morgan fingerprint density at radius 3 is 2.38 bits per heavy atom. The van der Waals surface area contributed by atoms with Crippen molar-refractivity contribution in [2.24, 2.45) is 0 Å².